The zero-order chi connectivity index (χ0) is 11.1. The van der Waals surface area contributed by atoms with Crippen molar-refractivity contribution in [3.8, 4) is 0 Å². The van der Waals surface area contributed by atoms with Crippen LogP contribution in [0.15, 0.2) is 0 Å². The lowest BCUT2D eigenvalue weighted by atomic mass is 9.78. The Morgan fingerprint density at radius 3 is 2.00 bits per heavy atom. The van der Waals surface area contributed by atoms with Crippen molar-refractivity contribution >= 4 is 0 Å². The maximum Gasteiger partial charge on any atom is 0.0602 e. The van der Waals surface area contributed by atoms with Crippen LogP contribution in [-0.2, 0) is 0 Å². The molecule has 3 unspecified atom stereocenters. The molecular formula is C15H26O. The first kappa shape index (κ1) is 11.1. The molecule has 0 heterocycles. The maximum absolute atomic E-state index is 10.5. The Bertz CT molecular complexity index is 230. The third-order valence-electron chi connectivity index (χ3n) is 5.66. The van der Waals surface area contributed by atoms with E-state index in [1.165, 1.54) is 51.4 Å². The summed E-state index contributed by atoms with van der Waals surface area (Å²) in [6.07, 6.45) is 11.0. The van der Waals surface area contributed by atoms with Gasteiger partial charge in [0, 0.05) is 0 Å². The summed E-state index contributed by atoms with van der Waals surface area (Å²) in [6.45, 7) is 2.36. The van der Waals surface area contributed by atoms with E-state index in [1.54, 1.807) is 0 Å². The number of rotatable bonds is 2. The lowest BCUT2D eigenvalue weighted by Gasteiger charge is -2.30. The van der Waals surface area contributed by atoms with Crippen molar-refractivity contribution in [3.63, 3.8) is 0 Å². The van der Waals surface area contributed by atoms with Gasteiger partial charge in [0.05, 0.1) is 6.10 Å². The molecule has 0 radical (unpaired) electrons. The van der Waals surface area contributed by atoms with Gasteiger partial charge >= 0.3 is 0 Å². The average Bonchev–Trinajstić information content (AvgIpc) is 3.03. The molecule has 1 heteroatoms. The quantitative estimate of drug-likeness (QED) is 0.756. The molecule has 3 rings (SSSR count). The number of fused-ring (bicyclic) bond motifs is 1. The summed E-state index contributed by atoms with van der Waals surface area (Å²) < 4.78 is 0. The smallest absolute Gasteiger partial charge is 0.0602 e. The molecule has 0 spiro atoms. The van der Waals surface area contributed by atoms with Gasteiger partial charge in [-0.1, -0.05) is 32.6 Å². The Morgan fingerprint density at radius 2 is 1.44 bits per heavy atom. The summed E-state index contributed by atoms with van der Waals surface area (Å²) in [5.41, 5.74) is 0. The van der Waals surface area contributed by atoms with Crippen LogP contribution < -0.4 is 0 Å². The second-order valence-electron chi connectivity index (χ2n) is 6.70. The first-order chi connectivity index (χ1) is 7.77. The van der Waals surface area contributed by atoms with Crippen LogP contribution in [0, 0.1) is 29.6 Å². The minimum atomic E-state index is 0.0561. The molecule has 1 N–H and O–H groups in total. The number of aliphatic hydroxyl groups is 1. The fraction of sp³-hybridized carbons (Fsp3) is 1.00. The molecule has 3 fully saturated rings. The third kappa shape index (κ3) is 1.92. The fourth-order valence-corrected chi connectivity index (χ4v) is 4.50. The van der Waals surface area contributed by atoms with Crippen molar-refractivity contribution in [2.24, 2.45) is 29.6 Å². The SMILES string of the molecule is CC1CCC(C(O)C2C3CCCCC32)CC1. The van der Waals surface area contributed by atoms with Gasteiger partial charge in [0.2, 0.25) is 0 Å². The summed E-state index contributed by atoms with van der Waals surface area (Å²) in [6, 6.07) is 0. The zero-order valence-corrected chi connectivity index (χ0v) is 10.6. The molecule has 0 amide bonds. The largest absolute Gasteiger partial charge is 0.393 e. The van der Waals surface area contributed by atoms with Gasteiger partial charge in [0.1, 0.15) is 0 Å². The molecule has 3 atom stereocenters. The van der Waals surface area contributed by atoms with E-state index in [2.05, 4.69) is 6.92 Å². The van der Waals surface area contributed by atoms with Crippen molar-refractivity contribution in [1.82, 2.24) is 0 Å². The van der Waals surface area contributed by atoms with Crippen LogP contribution in [0.5, 0.6) is 0 Å². The number of hydrogen-bond donors (Lipinski definition) is 1. The van der Waals surface area contributed by atoms with E-state index < -0.39 is 0 Å². The molecule has 16 heavy (non-hydrogen) atoms. The van der Waals surface area contributed by atoms with Gasteiger partial charge in [0.15, 0.2) is 0 Å². The second kappa shape index (κ2) is 4.33. The first-order valence-corrected chi connectivity index (χ1v) is 7.45. The molecule has 3 aliphatic rings. The van der Waals surface area contributed by atoms with Crippen LogP contribution in [0.25, 0.3) is 0 Å². The molecule has 0 aromatic heterocycles. The van der Waals surface area contributed by atoms with Crippen molar-refractivity contribution in [2.45, 2.75) is 64.4 Å². The Kier molecular flexibility index (Phi) is 2.99. The van der Waals surface area contributed by atoms with Crippen LogP contribution in [0.3, 0.4) is 0 Å². The van der Waals surface area contributed by atoms with Gasteiger partial charge in [-0.15, -0.1) is 0 Å². The fourth-order valence-electron chi connectivity index (χ4n) is 4.50. The predicted molar refractivity (Wildman–Crippen MR) is 66.1 cm³/mol. The summed E-state index contributed by atoms with van der Waals surface area (Å²) in [5, 5.41) is 10.5. The number of hydrogen-bond acceptors (Lipinski definition) is 1. The van der Waals surface area contributed by atoms with Gasteiger partial charge in [-0.3, -0.25) is 0 Å². The molecule has 0 aliphatic heterocycles. The Hall–Kier alpha value is -0.0400. The lowest BCUT2D eigenvalue weighted by Crippen LogP contribution is -2.27. The molecule has 0 saturated heterocycles. The monoisotopic (exact) mass is 222 g/mol. The van der Waals surface area contributed by atoms with E-state index in [4.69, 9.17) is 0 Å². The van der Waals surface area contributed by atoms with Crippen molar-refractivity contribution in [3.05, 3.63) is 0 Å². The zero-order valence-electron chi connectivity index (χ0n) is 10.6. The molecule has 0 bridgehead atoms. The number of aliphatic hydroxyl groups excluding tert-OH is 1. The molecule has 1 nitrogen and oxygen atoms in total. The van der Waals surface area contributed by atoms with E-state index in [9.17, 15) is 5.11 Å². The predicted octanol–water partition coefficient (Wildman–Crippen LogP) is 3.61. The van der Waals surface area contributed by atoms with Gasteiger partial charge in [-0.2, -0.15) is 0 Å². The third-order valence-corrected chi connectivity index (χ3v) is 5.66. The van der Waals surface area contributed by atoms with Crippen molar-refractivity contribution in [2.75, 3.05) is 0 Å². The van der Waals surface area contributed by atoms with E-state index in [-0.39, 0.29) is 6.10 Å². The van der Waals surface area contributed by atoms with Gasteiger partial charge in [-0.05, 0) is 55.3 Å². The lowest BCUT2D eigenvalue weighted by molar-refractivity contribution is 0.0504. The summed E-state index contributed by atoms with van der Waals surface area (Å²) in [5.74, 6) is 4.10. The summed E-state index contributed by atoms with van der Waals surface area (Å²) in [7, 11) is 0. The normalized spacial score (nSPS) is 49.5. The molecule has 0 aromatic carbocycles. The van der Waals surface area contributed by atoms with Gasteiger partial charge in [-0.25, -0.2) is 0 Å². The maximum atomic E-state index is 10.5. The van der Waals surface area contributed by atoms with Crippen molar-refractivity contribution in [1.29, 1.82) is 0 Å². The standard InChI is InChI=1S/C15H26O/c1-10-6-8-11(9-7-10)15(16)14-12-4-2-3-5-13(12)14/h10-16H,2-9H2,1H3. The molecule has 0 aromatic rings. The van der Waals surface area contributed by atoms with Crippen LogP contribution in [0.4, 0.5) is 0 Å². The van der Waals surface area contributed by atoms with Gasteiger partial charge < -0.3 is 5.11 Å². The second-order valence-corrected chi connectivity index (χ2v) is 6.70. The highest BCUT2D eigenvalue weighted by Gasteiger charge is 2.55. The molecule has 3 aliphatic carbocycles. The van der Waals surface area contributed by atoms with Crippen LogP contribution >= 0.6 is 0 Å². The Morgan fingerprint density at radius 1 is 0.875 bits per heavy atom. The van der Waals surface area contributed by atoms with E-state index >= 15 is 0 Å². The van der Waals surface area contributed by atoms with E-state index in [1.807, 2.05) is 0 Å². The Balaban J connectivity index is 1.55. The summed E-state index contributed by atoms with van der Waals surface area (Å²) >= 11 is 0. The highest BCUT2D eigenvalue weighted by molar-refractivity contribution is 5.04. The molecule has 92 valence electrons. The van der Waals surface area contributed by atoms with E-state index in [0.717, 1.165) is 17.8 Å². The van der Waals surface area contributed by atoms with Crippen LogP contribution in [-0.4, -0.2) is 11.2 Å². The van der Waals surface area contributed by atoms with Crippen molar-refractivity contribution < 1.29 is 5.11 Å². The minimum Gasteiger partial charge on any atom is -0.393 e. The van der Waals surface area contributed by atoms with Crippen LogP contribution in [0.2, 0.25) is 0 Å². The molecule has 3 saturated carbocycles. The van der Waals surface area contributed by atoms with Gasteiger partial charge in [0.25, 0.3) is 0 Å². The highest BCUT2D eigenvalue weighted by Crippen LogP contribution is 2.58. The van der Waals surface area contributed by atoms with E-state index in [0.29, 0.717) is 11.8 Å². The Labute approximate surface area is 99.6 Å². The minimum absolute atomic E-state index is 0.0561. The summed E-state index contributed by atoms with van der Waals surface area (Å²) in [4.78, 5) is 0. The molecular weight excluding hydrogens is 196 g/mol. The highest BCUT2D eigenvalue weighted by atomic mass is 16.3. The topological polar surface area (TPSA) is 20.2 Å². The first-order valence-electron chi connectivity index (χ1n) is 7.45. The van der Waals surface area contributed by atoms with Crippen LogP contribution in [0.1, 0.15) is 58.3 Å². The average molecular weight is 222 g/mol.